The van der Waals surface area contributed by atoms with Gasteiger partial charge in [0.15, 0.2) is 5.96 Å². The van der Waals surface area contributed by atoms with Crippen molar-refractivity contribution in [1.29, 1.82) is 0 Å². The Balaban J connectivity index is 0.00000363. The average molecular weight is 559 g/mol. The molecule has 2 aliphatic heterocycles. The van der Waals surface area contributed by atoms with E-state index in [9.17, 15) is 0 Å². The number of hydrogen-bond acceptors (Lipinski definition) is 5. The fourth-order valence-corrected chi connectivity index (χ4v) is 4.58. The summed E-state index contributed by atoms with van der Waals surface area (Å²) in [6.45, 7) is 12.6. The molecular formula is C24H43IN6O. The summed E-state index contributed by atoms with van der Waals surface area (Å²) in [6, 6.07) is 8.64. The van der Waals surface area contributed by atoms with E-state index in [0.717, 1.165) is 64.1 Å². The van der Waals surface area contributed by atoms with Gasteiger partial charge in [-0.2, -0.15) is 0 Å². The molecule has 0 spiro atoms. The van der Waals surface area contributed by atoms with E-state index in [4.69, 9.17) is 9.73 Å². The molecule has 2 heterocycles. The summed E-state index contributed by atoms with van der Waals surface area (Å²) in [5, 5.41) is 6.99. The zero-order valence-electron chi connectivity index (χ0n) is 20.2. The van der Waals surface area contributed by atoms with Crippen LogP contribution in [0.4, 0.5) is 0 Å². The van der Waals surface area contributed by atoms with Crippen molar-refractivity contribution in [2.75, 3.05) is 79.6 Å². The van der Waals surface area contributed by atoms with Crippen molar-refractivity contribution >= 4 is 29.9 Å². The second-order valence-electron chi connectivity index (χ2n) is 8.65. The van der Waals surface area contributed by atoms with Crippen molar-refractivity contribution in [2.24, 2.45) is 4.99 Å². The lowest BCUT2D eigenvalue weighted by Crippen LogP contribution is -2.42. The number of rotatable bonds is 9. The molecule has 0 saturated carbocycles. The molecule has 2 saturated heterocycles. The van der Waals surface area contributed by atoms with E-state index in [1.54, 1.807) is 7.11 Å². The van der Waals surface area contributed by atoms with E-state index in [2.05, 4.69) is 57.5 Å². The molecule has 32 heavy (non-hydrogen) atoms. The van der Waals surface area contributed by atoms with E-state index in [1.807, 2.05) is 6.07 Å². The Kier molecular flexibility index (Phi) is 12.7. The molecule has 0 bridgehead atoms. The Hall–Kier alpha value is -1.10. The number of benzene rings is 1. The number of likely N-dealkylation sites (N-methyl/N-ethyl adjacent to an activating group) is 1. The van der Waals surface area contributed by atoms with Crippen molar-refractivity contribution in [2.45, 2.75) is 32.2 Å². The number of nitrogens with zero attached hydrogens (tertiary/aromatic N) is 4. The molecule has 0 aromatic heterocycles. The number of ether oxygens (including phenoxy) is 1. The van der Waals surface area contributed by atoms with E-state index in [-0.39, 0.29) is 30.0 Å². The summed E-state index contributed by atoms with van der Waals surface area (Å²) < 4.78 is 5.67. The van der Waals surface area contributed by atoms with Gasteiger partial charge < -0.3 is 25.2 Å². The minimum atomic E-state index is 0. The van der Waals surface area contributed by atoms with Gasteiger partial charge in [-0.1, -0.05) is 18.2 Å². The molecule has 3 rings (SSSR count). The van der Waals surface area contributed by atoms with E-state index < -0.39 is 0 Å². The molecule has 7 nitrogen and oxygen atoms in total. The van der Waals surface area contributed by atoms with E-state index >= 15 is 0 Å². The molecule has 2 N–H and O–H groups in total. The molecule has 0 amide bonds. The smallest absolute Gasteiger partial charge is 0.191 e. The highest BCUT2D eigenvalue weighted by atomic mass is 127. The van der Waals surface area contributed by atoms with Crippen LogP contribution >= 0.6 is 24.0 Å². The molecule has 1 atom stereocenters. The SMILES string of the molecule is CCNC(=NCC(c1ccccc1OC)N1CCCC1)NCCN1CCCN(C)CC1.I. The maximum Gasteiger partial charge on any atom is 0.191 e. The second kappa shape index (κ2) is 14.9. The second-order valence-corrected chi connectivity index (χ2v) is 8.65. The zero-order valence-corrected chi connectivity index (χ0v) is 22.5. The largest absolute Gasteiger partial charge is 0.496 e. The van der Waals surface area contributed by atoms with Crippen LogP contribution in [0.3, 0.4) is 0 Å². The van der Waals surface area contributed by atoms with Crippen LogP contribution in [-0.2, 0) is 0 Å². The first-order valence-corrected chi connectivity index (χ1v) is 12.0. The quantitative estimate of drug-likeness (QED) is 0.276. The first kappa shape index (κ1) is 27.1. The Labute approximate surface area is 212 Å². The first-order valence-electron chi connectivity index (χ1n) is 12.0. The van der Waals surface area contributed by atoms with Gasteiger partial charge in [-0.15, -0.1) is 24.0 Å². The summed E-state index contributed by atoms with van der Waals surface area (Å²) >= 11 is 0. The standard InChI is InChI=1S/C24H42N6O.HI/c1-4-25-24(26-12-17-29-14-9-13-28(2)18-19-29)27-20-22(30-15-7-8-16-30)21-10-5-6-11-23(21)31-3;/h5-6,10-11,22H,4,7-9,12-20H2,1-3H3,(H2,25,26,27);1H. The van der Waals surface area contributed by atoms with Crippen molar-refractivity contribution in [3.8, 4) is 5.75 Å². The van der Waals surface area contributed by atoms with Gasteiger partial charge in [-0.3, -0.25) is 9.89 Å². The van der Waals surface area contributed by atoms with Crippen LogP contribution in [-0.4, -0.2) is 100 Å². The van der Waals surface area contributed by atoms with Crippen LogP contribution in [0.5, 0.6) is 5.75 Å². The molecule has 8 heteroatoms. The molecule has 1 aromatic carbocycles. The number of guanidine groups is 1. The summed E-state index contributed by atoms with van der Waals surface area (Å²) in [6.07, 6.45) is 3.78. The molecule has 1 unspecified atom stereocenters. The predicted octanol–water partition coefficient (Wildman–Crippen LogP) is 2.64. The molecular weight excluding hydrogens is 515 g/mol. The summed E-state index contributed by atoms with van der Waals surface area (Å²) in [5.74, 6) is 1.87. The van der Waals surface area contributed by atoms with Crippen LogP contribution in [0, 0.1) is 0 Å². The molecule has 0 aliphatic carbocycles. The molecule has 1 aromatic rings. The van der Waals surface area contributed by atoms with Crippen molar-refractivity contribution in [1.82, 2.24) is 25.3 Å². The molecule has 182 valence electrons. The van der Waals surface area contributed by atoms with Crippen molar-refractivity contribution in [3.63, 3.8) is 0 Å². The summed E-state index contributed by atoms with van der Waals surface area (Å²) in [4.78, 5) is 12.5. The summed E-state index contributed by atoms with van der Waals surface area (Å²) in [5.41, 5.74) is 1.24. The first-order chi connectivity index (χ1) is 15.2. The minimum absolute atomic E-state index is 0. The maximum absolute atomic E-state index is 5.67. The number of para-hydroxylation sites is 1. The lowest BCUT2D eigenvalue weighted by molar-refractivity contribution is 0.245. The van der Waals surface area contributed by atoms with Crippen LogP contribution in [0.1, 0.15) is 37.8 Å². The Morgan fingerprint density at radius 1 is 1.03 bits per heavy atom. The number of hydrogen-bond donors (Lipinski definition) is 2. The Morgan fingerprint density at radius 3 is 2.56 bits per heavy atom. The normalized spacial score (nSPS) is 19.8. The van der Waals surface area contributed by atoms with Crippen LogP contribution < -0.4 is 15.4 Å². The van der Waals surface area contributed by atoms with Gasteiger partial charge >= 0.3 is 0 Å². The van der Waals surface area contributed by atoms with Crippen LogP contribution in [0.15, 0.2) is 29.3 Å². The Morgan fingerprint density at radius 2 is 1.81 bits per heavy atom. The number of aliphatic imine (C=N–C) groups is 1. The number of methoxy groups -OCH3 is 1. The van der Waals surface area contributed by atoms with Gasteiger partial charge in [-0.05, 0) is 65.5 Å². The van der Waals surface area contributed by atoms with Gasteiger partial charge in [0, 0.05) is 38.3 Å². The molecule has 0 radical (unpaired) electrons. The highest BCUT2D eigenvalue weighted by Gasteiger charge is 2.25. The lowest BCUT2D eigenvalue weighted by Gasteiger charge is -2.28. The third-order valence-electron chi connectivity index (χ3n) is 6.38. The Bertz CT molecular complexity index is 682. The van der Waals surface area contributed by atoms with Crippen molar-refractivity contribution < 1.29 is 4.74 Å². The highest BCUT2D eigenvalue weighted by molar-refractivity contribution is 14.0. The highest BCUT2D eigenvalue weighted by Crippen LogP contribution is 2.31. The number of halogens is 1. The molecule has 2 aliphatic rings. The van der Waals surface area contributed by atoms with Gasteiger partial charge in [-0.25, -0.2) is 0 Å². The lowest BCUT2D eigenvalue weighted by atomic mass is 10.0. The fourth-order valence-electron chi connectivity index (χ4n) is 4.58. The predicted molar refractivity (Wildman–Crippen MR) is 144 cm³/mol. The van der Waals surface area contributed by atoms with Crippen molar-refractivity contribution in [3.05, 3.63) is 29.8 Å². The van der Waals surface area contributed by atoms with Gasteiger partial charge in [0.1, 0.15) is 5.75 Å². The summed E-state index contributed by atoms with van der Waals surface area (Å²) in [7, 11) is 3.98. The van der Waals surface area contributed by atoms with Gasteiger partial charge in [0.05, 0.1) is 19.7 Å². The average Bonchev–Trinajstić information content (AvgIpc) is 3.24. The third-order valence-corrected chi connectivity index (χ3v) is 6.38. The van der Waals surface area contributed by atoms with E-state index in [1.165, 1.54) is 37.9 Å². The number of nitrogens with one attached hydrogen (secondary N) is 2. The van der Waals surface area contributed by atoms with Gasteiger partial charge in [0.2, 0.25) is 0 Å². The monoisotopic (exact) mass is 558 g/mol. The van der Waals surface area contributed by atoms with Gasteiger partial charge in [0.25, 0.3) is 0 Å². The number of likely N-dealkylation sites (tertiary alicyclic amines) is 1. The topological polar surface area (TPSA) is 55.4 Å². The maximum atomic E-state index is 5.67. The fraction of sp³-hybridized carbons (Fsp3) is 0.708. The van der Waals surface area contributed by atoms with Crippen LogP contribution in [0.2, 0.25) is 0 Å². The molecule has 2 fully saturated rings. The zero-order chi connectivity index (χ0) is 21.9. The third kappa shape index (κ3) is 8.35. The van der Waals surface area contributed by atoms with Crippen LogP contribution in [0.25, 0.3) is 0 Å². The minimum Gasteiger partial charge on any atom is -0.496 e. The van der Waals surface area contributed by atoms with E-state index in [0.29, 0.717) is 0 Å².